The zero-order chi connectivity index (χ0) is 17.1. The first kappa shape index (κ1) is 16.6. The summed E-state index contributed by atoms with van der Waals surface area (Å²) >= 11 is 6.01. The van der Waals surface area contributed by atoms with Gasteiger partial charge >= 0.3 is 0 Å². The van der Waals surface area contributed by atoms with Crippen molar-refractivity contribution in [1.29, 1.82) is 0 Å². The minimum Gasteiger partial charge on any atom is -0.397 e. The third-order valence-corrected chi connectivity index (χ3v) is 4.50. The number of benzene rings is 2. The Morgan fingerprint density at radius 3 is 2.50 bits per heavy atom. The van der Waals surface area contributed by atoms with Crippen molar-refractivity contribution in [3.05, 3.63) is 53.1 Å². The van der Waals surface area contributed by atoms with E-state index in [2.05, 4.69) is 0 Å². The van der Waals surface area contributed by atoms with E-state index >= 15 is 0 Å². The lowest BCUT2D eigenvalue weighted by Gasteiger charge is -2.27. The van der Waals surface area contributed by atoms with E-state index in [1.807, 2.05) is 17.0 Å². The summed E-state index contributed by atoms with van der Waals surface area (Å²) in [4.78, 5) is 14.4. The number of hydrogen-bond acceptors (Lipinski definition) is 4. The molecule has 126 valence electrons. The van der Waals surface area contributed by atoms with Gasteiger partial charge in [-0.2, -0.15) is 0 Å². The molecule has 1 aliphatic heterocycles. The minimum atomic E-state index is 0.0271. The van der Waals surface area contributed by atoms with Gasteiger partial charge in [-0.1, -0.05) is 17.7 Å². The molecule has 6 heteroatoms. The number of amides is 1. The molecular formula is C18H21ClN4O. The predicted octanol–water partition coefficient (Wildman–Crippen LogP) is 3.56. The summed E-state index contributed by atoms with van der Waals surface area (Å²) in [5.74, 6) is 6.18. The third kappa shape index (κ3) is 3.47. The van der Waals surface area contributed by atoms with E-state index in [-0.39, 0.29) is 5.91 Å². The average Bonchev–Trinajstić information content (AvgIpc) is 2.61. The van der Waals surface area contributed by atoms with Crippen LogP contribution in [0.25, 0.3) is 0 Å². The first-order valence-corrected chi connectivity index (χ1v) is 8.43. The lowest BCUT2D eigenvalue weighted by atomic mass is 10.1. The van der Waals surface area contributed by atoms with Gasteiger partial charge in [-0.15, -0.1) is 0 Å². The molecule has 4 N–H and O–H groups in total. The molecule has 0 aromatic heterocycles. The summed E-state index contributed by atoms with van der Waals surface area (Å²) in [7, 11) is 0. The average molecular weight is 345 g/mol. The molecule has 1 heterocycles. The van der Waals surface area contributed by atoms with E-state index in [0.29, 0.717) is 22.0 Å². The van der Waals surface area contributed by atoms with E-state index in [0.717, 1.165) is 31.6 Å². The van der Waals surface area contributed by atoms with Crippen LogP contribution < -0.4 is 16.6 Å². The second-order valence-corrected chi connectivity index (χ2v) is 6.41. The maximum Gasteiger partial charge on any atom is 0.253 e. The molecule has 0 spiro atoms. The van der Waals surface area contributed by atoms with E-state index in [1.54, 1.807) is 30.3 Å². The van der Waals surface area contributed by atoms with Crippen LogP contribution in [-0.2, 0) is 0 Å². The highest BCUT2D eigenvalue weighted by Gasteiger charge is 2.19. The summed E-state index contributed by atoms with van der Waals surface area (Å²) < 4.78 is 0. The number of likely N-dealkylation sites (tertiary alicyclic amines) is 1. The number of carbonyl (C=O) groups excluding carboxylic acids is 1. The summed E-state index contributed by atoms with van der Waals surface area (Å²) in [6.45, 7) is 1.62. The van der Waals surface area contributed by atoms with Crippen LogP contribution in [0.2, 0.25) is 5.02 Å². The fraction of sp³-hybridized carbons (Fsp3) is 0.278. The number of nitrogen functional groups attached to an aromatic ring is 1. The number of nitrogens with zero attached hydrogens (tertiary/aromatic N) is 2. The highest BCUT2D eigenvalue weighted by molar-refractivity contribution is 6.30. The van der Waals surface area contributed by atoms with Gasteiger partial charge in [0.05, 0.1) is 17.1 Å². The Kier molecular flexibility index (Phi) is 4.92. The fourth-order valence-corrected chi connectivity index (χ4v) is 3.14. The zero-order valence-electron chi connectivity index (χ0n) is 13.4. The molecule has 1 amide bonds. The number of hydrogen-bond donors (Lipinski definition) is 2. The SMILES string of the molecule is Nc1cc(C(=O)N2CCCCC2)ccc1N(N)c1cccc(Cl)c1. The maximum atomic E-state index is 12.6. The first-order chi connectivity index (χ1) is 11.6. The number of anilines is 3. The van der Waals surface area contributed by atoms with Crippen LogP contribution in [0.5, 0.6) is 0 Å². The van der Waals surface area contributed by atoms with Crippen LogP contribution in [0.1, 0.15) is 29.6 Å². The monoisotopic (exact) mass is 344 g/mol. The van der Waals surface area contributed by atoms with E-state index in [1.165, 1.54) is 11.4 Å². The molecule has 0 bridgehead atoms. The topological polar surface area (TPSA) is 75.6 Å². The van der Waals surface area contributed by atoms with Gasteiger partial charge < -0.3 is 10.6 Å². The van der Waals surface area contributed by atoms with Crippen molar-refractivity contribution in [1.82, 2.24) is 4.90 Å². The van der Waals surface area contributed by atoms with Gasteiger partial charge in [-0.3, -0.25) is 9.80 Å². The predicted molar refractivity (Wildman–Crippen MR) is 98.4 cm³/mol. The molecule has 0 atom stereocenters. The zero-order valence-corrected chi connectivity index (χ0v) is 14.2. The maximum absolute atomic E-state index is 12.6. The Morgan fingerprint density at radius 1 is 1.08 bits per heavy atom. The van der Waals surface area contributed by atoms with Gasteiger partial charge in [0, 0.05) is 23.7 Å². The number of carbonyl (C=O) groups is 1. The largest absolute Gasteiger partial charge is 0.397 e. The van der Waals surface area contributed by atoms with Crippen LogP contribution in [0, 0.1) is 0 Å². The van der Waals surface area contributed by atoms with Crippen molar-refractivity contribution < 1.29 is 4.79 Å². The second kappa shape index (κ2) is 7.11. The normalized spacial score (nSPS) is 14.5. The summed E-state index contributed by atoms with van der Waals surface area (Å²) in [5, 5.41) is 2.06. The summed E-state index contributed by atoms with van der Waals surface area (Å²) in [6, 6.07) is 12.4. The van der Waals surface area contributed by atoms with Gasteiger partial charge in [0.2, 0.25) is 0 Å². The lowest BCUT2D eigenvalue weighted by Crippen LogP contribution is -2.35. The Balaban J connectivity index is 1.83. The van der Waals surface area contributed by atoms with Crippen LogP contribution >= 0.6 is 11.6 Å². The molecule has 2 aromatic rings. The molecule has 5 nitrogen and oxygen atoms in total. The van der Waals surface area contributed by atoms with E-state index in [4.69, 9.17) is 23.2 Å². The van der Waals surface area contributed by atoms with Gasteiger partial charge in [0.15, 0.2) is 0 Å². The molecule has 1 fully saturated rings. The molecule has 0 radical (unpaired) electrons. The van der Waals surface area contributed by atoms with Crippen LogP contribution in [-0.4, -0.2) is 23.9 Å². The summed E-state index contributed by atoms with van der Waals surface area (Å²) in [5.41, 5.74) is 8.55. The van der Waals surface area contributed by atoms with Crippen molar-refractivity contribution >= 4 is 34.6 Å². The minimum absolute atomic E-state index is 0.0271. The van der Waals surface area contributed by atoms with Crippen molar-refractivity contribution in [3.8, 4) is 0 Å². The van der Waals surface area contributed by atoms with Crippen LogP contribution in [0.3, 0.4) is 0 Å². The molecule has 0 unspecified atom stereocenters. The molecule has 2 aromatic carbocycles. The Morgan fingerprint density at radius 2 is 1.83 bits per heavy atom. The number of rotatable bonds is 3. The molecule has 24 heavy (non-hydrogen) atoms. The van der Waals surface area contributed by atoms with E-state index < -0.39 is 0 Å². The van der Waals surface area contributed by atoms with Crippen LogP contribution in [0.15, 0.2) is 42.5 Å². The molecule has 1 aliphatic rings. The van der Waals surface area contributed by atoms with E-state index in [9.17, 15) is 4.79 Å². The fourth-order valence-electron chi connectivity index (χ4n) is 2.95. The smallest absolute Gasteiger partial charge is 0.253 e. The Labute approximate surface area is 146 Å². The quantitative estimate of drug-likeness (QED) is 0.507. The first-order valence-electron chi connectivity index (χ1n) is 8.05. The van der Waals surface area contributed by atoms with Crippen molar-refractivity contribution in [2.24, 2.45) is 5.84 Å². The van der Waals surface area contributed by atoms with Crippen LogP contribution in [0.4, 0.5) is 17.1 Å². The van der Waals surface area contributed by atoms with Crippen molar-refractivity contribution in [3.63, 3.8) is 0 Å². The highest BCUT2D eigenvalue weighted by Crippen LogP contribution is 2.30. The lowest BCUT2D eigenvalue weighted by molar-refractivity contribution is 0.0724. The number of nitrogens with two attached hydrogens (primary N) is 2. The molecule has 0 saturated carbocycles. The number of halogens is 1. The van der Waals surface area contributed by atoms with Gasteiger partial charge in [-0.25, -0.2) is 5.84 Å². The van der Waals surface area contributed by atoms with Gasteiger partial charge in [0.25, 0.3) is 5.91 Å². The molecule has 3 rings (SSSR count). The van der Waals surface area contributed by atoms with Crippen molar-refractivity contribution in [2.45, 2.75) is 19.3 Å². The number of hydrazine groups is 1. The standard InChI is InChI=1S/C18H21ClN4O/c19-14-5-4-6-15(12-14)23(21)17-8-7-13(11-16(17)20)18(24)22-9-2-1-3-10-22/h4-8,11-12H,1-3,9-10,20-21H2. The van der Waals surface area contributed by atoms with Crippen molar-refractivity contribution in [2.75, 3.05) is 23.8 Å². The highest BCUT2D eigenvalue weighted by atomic mass is 35.5. The van der Waals surface area contributed by atoms with Gasteiger partial charge in [0.1, 0.15) is 0 Å². The summed E-state index contributed by atoms with van der Waals surface area (Å²) in [6.07, 6.45) is 3.31. The number of piperidine rings is 1. The second-order valence-electron chi connectivity index (χ2n) is 5.98. The third-order valence-electron chi connectivity index (χ3n) is 4.26. The molecular weight excluding hydrogens is 324 g/mol. The Bertz CT molecular complexity index is 744. The Hall–Kier alpha value is -2.24. The molecule has 0 aliphatic carbocycles. The molecule has 1 saturated heterocycles. The van der Waals surface area contributed by atoms with Gasteiger partial charge in [-0.05, 0) is 55.7 Å².